The molecule has 6 heteroatoms. The van der Waals surface area contributed by atoms with Crippen LogP contribution in [0, 0.1) is 0 Å². The van der Waals surface area contributed by atoms with Gasteiger partial charge in [0.05, 0.1) is 6.54 Å². The number of piperazine rings is 1. The number of hydrogen-bond donors (Lipinski definition) is 2. The van der Waals surface area contributed by atoms with Crippen LogP contribution in [0.3, 0.4) is 0 Å². The van der Waals surface area contributed by atoms with Crippen molar-refractivity contribution in [2.24, 2.45) is 0 Å². The SMILES string of the molecule is CCCNC(=O)CN1CCNCC1.Cl.Cl. The zero-order chi connectivity index (χ0) is 9.52. The molecular weight excluding hydrogens is 237 g/mol. The fourth-order valence-corrected chi connectivity index (χ4v) is 1.39. The number of rotatable bonds is 4. The molecule has 15 heavy (non-hydrogen) atoms. The molecule has 2 N–H and O–H groups in total. The predicted octanol–water partition coefficient (Wildman–Crippen LogP) is 0.261. The Balaban J connectivity index is 0. The van der Waals surface area contributed by atoms with Crippen LogP contribution in [0.4, 0.5) is 0 Å². The first kappa shape index (κ1) is 17.4. The molecule has 1 aliphatic heterocycles. The Labute approximate surface area is 104 Å². The van der Waals surface area contributed by atoms with Crippen molar-refractivity contribution in [3.8, 4) is 0 Å². The van der Waals surface area contributed by atoms with E-state index < -0.39 is 0 Å². The van der Waals surface area contributed by atoms with E-state index in [1.54, 1.807) is 0 Å². The van der Waals surface area contributed by atoms with Gasteiger partial charge in [0.15, 0.2) is 0 Å². The van der Waals surface area contributed by atoms with Crippen LogP contribution in [0.25, 0.3) is 0 Å². The average Bonchev–Trinajstić information content (AvgIpc) is 2.16. The van der Waals surface area contributed by atoms with Gasteiger partial charge in [-0.15, -0.1) is 24.8 Å². The maximum absolute atomic E-state index is 11.3. The Morgan fingerprint density at radius 1 is 1.33 bits per heavy atom. The second kappa shape index (κ2) is 10.5. The van der Waals surface area contributed by atoms with Gasteiger partial charge in [-0.2, -0.15) is 0 Å². The van der Waals surface area contributed by atoms with Gasteiger partial charge in [-0.25, -0.2) is 0 Å². The van der Waals surface area contributed by atoms with Gasteiger partial charge in [-0.3, -0.25) is 9.69 Å². The fourth-order valence-electron chi connectivity index (χ4n) is 1.39. The van der Waals surface area contributed by atoms with Crippen LogP contribution < -0.4 is 10.6 Å². The number of amides is 1. The van der Waals surface area contributed by atoms with Crippen LogP contribution in [-0.4, -0.2) is 50.1 Å². The lowest BCUT2D eigenvalue weighted by atomic mass is 10.3. The third kappa shape index (κ3) is 7.85. The largest absolute Gasteiger partial charge is 0.355 e. The Bertz CT molecular complexity index is 163. The minimum atomic E-state index is 0. The normalized spacial score (nSPS) is 16.1. The molecule has 0 aliphatic carbocycles. The van der Waals surface area contributed by atoms with E-state index in [4.69, 9.17) is 0 Å². The zero-order valence-corrected chi connectivity index (χ0v) is 10.8. The van der Waals surface area contributed by atoms with Crippen molar-refractivity contribution in [1.82, 2.24) is 15.5 Å². The standard InChI is InChI=1S/C9H19N3O.2ClH/c1-2-3-11-9(13)8-12-6-4-10-5-7-12;;/h10H,2-8H2,1H3,(H,11,13);2*1H. The minimum absolute atomic E-state index is 0. The highest BCUT2D eigenvalue weighted by Gasteiger charge is 2.12. The van der Waals surface area contributed by atoms with Gasteiger partial charge in [0.25, 0.3) is 0 Å². The molecule has 4 nitrogen and oxygen atoms in total. The summed E-state index contributed by atoms with van der Waals surface area (Å²) in [4.78, 5) is 13.5. The summed E-state index contributed by atoms with van der Waals surface area (Å²) in [6.07, 6.45) is 1.01. The summed E-state index contributed by atoms with van der Waals surface area (Å²) >= 11 is 0. The molecule has 0 spiro atoms. The Morgan fingerprint density at radius 2 is 1.93 bits per heavy atom. The molecule has 0 saturated carbocycles. The maximum atomic E-state index is 11.3. The van der Waals surface area contributed by atoms with Crippen molar-refractivity contribution in [3.63, 3.8) is 0 Å². The topological polar surface area (TPSA) is 44.4 Å². The van der Waals surface area contributed by atoms with Crippen molar-refractivity contribution < 1.29 is 4.79 Å². The zero-order valence-electron chi connectivity index (χ0n) is 9.12. The summed E-state index contributed by atoms with van der Waals surface area (Å²) in [6.45, 7) is 7.39. The molecule has 1 heterocycles. The van der Waals surface area contributed by atoms with Crippen LogP contribution in [0.2, 0.25) is 0 Å². The van der Waals surface area contributed by atoms with Crippen LogP contribution in [0.5, 0.6) is 0 Å². The summed E-state index contributed by atoms with van der Waals surface area (Å²) in [5.74, 6) is 0.156. The summed E-state index contributed by atoms with van der Waals surface area (Å²) in [6, 6.07) is 0. The van der Waals surface area contributed by atoms with Gasteiger partial charge >= 0.3 is 0 Å². The van der Waals surface area contributed by atoms with Gasteiger partial charge in [0, 0.05) is 32.7 Å². The molecule has 0 aromatic heterocycles. The van der Waals surface area contributed by atoms with E-state index >= 15 is 0 Å². The minimum Gasteiger partial charge on any atom is -0.355 e. The van der Waals surface area contributed by atoms with Crippen LogP contribution >= 0.6 is 24.8 Å². The average molecular weight is 258 g/mol. The van der Waals surface area contributed by atoms with Gasteiger partial charge < -0.3 is 10.6 Å². The Morgan fingerprint density at radius 3 is 2.47 bits per heavy atom. The van der Waals surface area contributed by atoms with E-state index in [2.05, 4.69) is 22.5 Å². The number of halogens is 2. The number of carbonyl (C=O) groups excluding carboxylic acids is 1. The first-order chi connectivity index (χ1) is 6.33. The van der Waals surface area contributed by atoms with Crippen molar-refractivity contribution in [2.45, 2.75) is 13.3 Å². The predicted molar refractivity (Wildman–Crippen MR) is 67.1 cm³/mol. The summed E-state index contributed by atoms with van der Waals surface area (Å²) in [5.41, 5.74) is 0. The highest BCUT2D eigenvalue weighted by molar-refractivity contribution is 5.85. The van der Waals surface area contributed by atoms with Crippen LogP contribution in [-0.2, 0) is 4.79 Å². The van der Waals surface area contributed by atoms with E-state index in [0.29, 0.717) is 6.54 Å². The molecule has 0 unspecified atom stereocenters. The molecule has 92 valence electrons. The molecule has 0 atom stereocenters. The van der Waals surface area contributed by atoms with Crippen molar-refractivity contribution in [2.75, 3.05) is 39.3 Å². The summed E-state index contributed by atoms with van der Waals surface area (Å²) < 4.78 is 0. The Kier molecular flexibility index (Phi) is 12.1. The molecule has 1 aliphatic rings. The van der Waals surface area contributed by atoms with E-state index in [1.165, 1.54) is 0 Å². The molecule has 1 fully saturated rings. The molecular formula is C9H21Cl2N3O. The summed E-state index contributed by atoms with van der Waals surface area (Å²) in [5, 5.41) is 6.14. The van der Waals surface area contributed by atoms with Crippen LogP contribution in [0.1, 0.15) is 13.3 Å². The fraction of sp³-hybridized carbons (Fsp3) is 0.889. The van der Waals surface area contributed by atoms with E-state index in [9.17, 15) is 4.79 Å². The molecule has 1 rings (SSSR count). The van der Waals surface area contributed by atoms with Crippen LogP contribution in [0.15, 0.2) is 0 Å². The summed E-state index contributed by atoms with van der Waals surface area (Å²) in [7, 11) is 0. The third-order valence-electron chi connectivity index (χ3n) is 2.15. The number of carbonyl (C=O) groups is 1. The van der Waals surface area contributed by atoms with Gasteiger partial charge in [-0.05, 0) is 6.42 Å². The number of nitrogens with zero attached hydrogens (tertiary/aromatic N) is 1. The molecule has 0 aromatic rings. The van der Waals surface area contributed by atoms with Crippen molar-refractivity contribution in [3.05, 3.63) is 0 Å². The smallest absolute Gasteiger partial charge is 0.234 e. The second-order valence-electron chi connectivity index (χ2n) is 3.38. The monoisotopic (exact) mass is 257 g/mol. The lowest BCUT2D eigenvalue weighted by Crippen LogP contribution is -2.47. The molecule has 1 amide bonds. The Hall–Kier alpha value is -0.0300. The maximum Gasteiger partial charge on any atom is 0.234 e. The number of nitrogens with one attached hydrogen (secondary N) is 2. The highest BCUT2D eigenvalue weighted by atomic mass is 35.5. The molecule has 1 saturated heterocycles. The van der Waals surface area contributed by atoms with E-state index in [-0.39, 0.29) is 30.7 Å². The van der Waals surface area contributed by atoms with Gasteiger partial charge in [0.1, 0.15) is 0 Å². The second-order valence-corrected chi connectivity index (χ2v) is 3.38. The molecule has 0 radical (unpaired) electrons. The van der Waals surface area contributed by atoms with E-state index in [0.717, 1.165) is 39.1 Å². The molecule has 0 bridgehead atoms. The lowest BCUT2D eigenvalue weighted by Gasteiger charge is -2.26. The van der Waals surface area contributed by atoms with Crippen molar-refractivity contribution >= 4 is 30.7 Å². The lowest BCUT2D eigenvalue weighted by molar-refractivity contribution is -0.122. The van der Waals surface area contributed by atoms with E-state index in [1.807, 2.05) is 0 Å². The van der Waals surface area contributed by atoms with Gasteiger partial charge in [-0.1, -0.05) is 6.92 Å². The first-order valence-corrected chi connectivity index (χ1v) is 5.02. The number of hydrogen-bond acceptors (Lipinski definition) is 3. The first-order valence-electron chi connectivity index (χ1n) is 5.02. The van der Waals surface area contributed by atoms with Crippen molar-refractivity contribution in [1.29, 1.82) is 0 Å². The quantitative estimate of drug-likeness (QED) is 0.760. The molecule has 0 aromatic carbocycles. The third-order valence-corrected chi connectivity index (χ3v) is 2.15. The highest BCUT2D eigenvalue weighted by Crippen LogP contribution is 1.90. The van der Waals surface area contributed by atoms with Gasteiger partial charge in [0.2, 0.25) is 5.91 Å².